The lowest BCUT2D eigenvalue weighted by atomic mass is 10.1. The molecular formula is C24H17BrClF2N5O4S. The first kappa shape index (κ1) is 27.4. The number of hydrogen-bond donors (Lipinski definition) is 2. The fourth-order valence-corrected chi connectivity index (χ4v) is 5.03. The Morgan fingerprint density at radius 1 is 1.00 bits per heavy atom. The molecule has 0 bridgehead atoms. The summed E-state index contributed by atoms with van der Waals surface area (Å²) < 4.78 is 55.5. The molecule has 196 valence electrons. The van der Waals surface area contributed by atoms with Crippen LogP contribution in [0.2, 0.25) is 5.02 Å². The molecule has 2 aromatic carbocycles. The molecule has 0 aliphatic heterocycles. The van der Waals surface area contributed by atoms with E-state index in [0.29, 0.717) is 4.60 Å². The number of nitrogens with one attached hydrogen (secondary N) is 2. The molecule has 0 spiro atoms. The number of sulfone groups is 1. The van der Waals surface area contributed by atoms with Gasteiger partial charge in [-0.15, -0.1) is 0 Å². The largest absolute Gasteiger partial charge is 0.366 e. The quantitative estimate of drug-likeness (QED) is 0.292. The highest BCUT2D eigenvalue weighted by Crippen LogP contribution is 2.29. The maximum atomic E-state index is 14.6. The van der Waals surface area contributed by atoms with E-state index in [2.05, 4.69) is 31.3 Å². The van der Waals surface area contributed by atoms with Gasteiger partial charge in [0.25, 0.3) is 11.8 Å². The summed E-state index contributed by atoms with van der Waals surface area (Å²) in [5.74, 6) is -1.55. The second kappa shape index (κ2) is 11.0. The van der Waals surface area contributed by atoms with Crippen molar-refractivity contribution in [3.63, 3.8) is 0 Å². The lowest BCUT2D eigenvalue weighted by Gasteiger charge is -2.18. The van der Waals surface area contributed by atoms with Crippen LogP contribution in [0.15, 0.2) is 88.5 Å². The van der Waals surface area contributed by atoms with Gasteiger partial charge in [0.2, 0.25) is 9.84 Å². The number of carbonyl (C=O) groups excluding carboxylic acids is 2. The van der Waals surface area contributed by atoms with E-state index in [1.54, 1.807) is 12.1 Å². The molecule has 0 saturated heterocycles. The van der Waals surface area contributed by atoms with Crippen molar-refractivity contribution in [2.45, 2.75) is 10.2 Å². The Morgan fingerprint density at radius 2 is 1.68 bits per heavy atom. The van der Waals surface area contributed by atoms with E-state index in [1.165, 1.54) is 59.4 Å². The van der Waals surface area contributed by atoms with Crippen LogP contribution in [0.5, 0.6) is 0 Å². The minimum absolute atomic E-state index is 0.00757. The molecule has 0 aliphatic carbocycles. The summed E-state index contributed by atoms with van der Waals surface area (Å²) in [6, 6.07) is 16.4. The first-order chi connectivity index (χ1) is 18.0. The first-order valence-corrected chi connectivity index (χ1v) is 13.4. The van der Waals surface area contributed by atoms with Gasteiger partial charge in [0, 0.05) is 12.3 Å². The second-order valence-corrected chi connectivity index (χ2v) is 11.0. The third-order valence-corrected chi connectivity index (χ3v) is 7.68. The van der Waals surface area contributed by atoms with Gasteiger partial charge < -0.3 is 10.6 Å². The van der Waals surface area contributed by atoms with E-state index in [9.17, 15) is 26.8 Å². The van der Waals surface area contributed by atoms with Crippen LogP contribution in [-0.4, -0.2) is 46.8 Å². The number of carbonyl (C=O) groups is 2. The molecular weight excluding hydrogens is 608 g/mol. The van der Waals surface area contributed by atoms with Gasteiger partial charge in [-0.1, -0.05) is 41.9 Å². The number of benzene rings is 2. The van der Waals surface area contributed by atoms with Crippen LogP contribution in [0.1, 0.15) is 20.8 Å². The number of halogens is 4. The monoisotopic (exact) mass is 623 g/mol. The average molecular weight is 625 g/mol. The fourth-order valence-electron chi connectivity index (χ4n) is 3.33. The number of aromatic nitrogens is 3. The van der Waals surface area contributed by atoms with Crippen LogP contribution in [0.3, 0.4) is 0 Å². The van der Waals surface area contributed by atoms with Crippen LogP contribution >= 0.6 is 27.5 Å². The van der Waals surface area contributed by atoms with Gasteiger partial charge in [0.05, 0.1) is 27.7 Å². The summed E-state index contributed by atoms with van der Waals surface area (Å²) in [5, 5.41) is 4.60. The number of hydrogen-bond acceptors (Lipinski definition) is 6. The highest BCUT2D eigenvalue weighted by atomic mass is 79.9. The number of para-hydroxylation sites is 1. The number of nitrogens with zero attached hydrogens (tertiary/aromatic N) is 3. The molecule has 0 fully saturated rings. The van der Waals surface area contributed by atoms with Gasteiger partial charge in [-0.05, 0) is 52.3 Å². The van der Waals surface area contributed by atoms with E-state index in [0.717, 1.165) is 12.1 Å². The molecule has 4 aromatic rings. The third-order valence-electron chi connectivity index (χ3n) is 5.17. The van der Waals surface area contributed by atoms with Crippen LogP contribution in [-0.2, 0) is 9.84 Å². The highest BCUT2D eigenvalue weighted by Gasteiger charge is 2.46. The summed E-state index contributed by atoms with van der Waals surface area (Å²) in [7, 11) is -5.06. The highest BCUT2D eigenvalue weighted by molar-refractivity contribution is 9.10. The first-order valence-electron chi connectivity index (χ1n) is 10.7. The van der Waals surface area contributed by atoms with Crippen molar-refractivity contribution in [2.24, 2.45) is 0 Å². The van der Waals surface area contributed by atoms with Crippen molar-refractivity contribution in [2.75, 3.05) is 11.9 Å². The Labute approximate surface area is 228 Å². The predicted octanol–water partition coefficient (Wildman–Crippen LogP) is 4.73. The van der Waals surface area contributed by atoms with Crippen molar-refractivity contribution < 1.29 is 26.8 Å². The van der Waals surface area contributed by atoms with Crippen molar-refractivity contribution in [3.8, 4) is 5.82 Å². The number of anilines is 1. The lowest BCUT2D eigenvalue weighted by Crippen LogP contribution is -2.42. The molecule has 2 N–H and O–H groups in total. The van der Waals surface area contributed by atoms with Crippen LogP contribution < -0.4 is 10.6 Å². The molecule has 14 heteroatoms. The van der Waals surface area contributed by atoms with Gasteiger partial charge in [-0.25, -0.2) is 18.1 Å². The van der Waals surface area contributed by atoms with E-state index in [1.807, 2.05) is 5.32 Å². The fraction of sp³-hybridized carbons (Fsp3) is 0.0833. The molecule has 0 radical (unpaired) electrons. The molecule has 2 aromatic heterocycles. The average Bonchev–Trinajstić information content (AvgIpc) is 3.29. The van der Waals surface area contributed by atoms with E-state index in [4.69, 9.17) is 11.6 Å². The van der Waals surface area contributed by atoms with Crippen LogP contribution in [0.25, 0.3) is 5.82 Å². The van der Waals surface area contributed by atoms with Gasteiger partial charge in [-0.2, -0.15) is 13.9 Å². The van der Waals surface area contributed by atoms with E-state index in [-0.39, 0.29) is 27.8 Å². The molecule has 0 saturated carbocycles. The second-order valence-electron chi connectivity index (χ2n) is 7.71. The maximum absolute atomic E-state index is 14.6. The van der Waals surface area contributed by atoms with E-state index >= 15 is 0 Å². The molecule has 0 aliphatic rings. The van der Waals surface area contributed by atoms with Gasteiger partial charge >= 0.3 is 5.25 Å². The van der Waals surface area contributed by atoms with Crippen molar-refractivity contribution in [3.05, 3.63) is 99.9 Å². The lowest BCUT2D eigenvalue weighted by molar-refractivity contribution is 0.0757. The molecule has 9 nitrogen and oxygen atoms in total. The molecule has 2 amide bonds. The maximum Gasteiger partial charge on any atom is 0.366 e. The molecule has 0 unspecified atom stereocenters. The van der Waals surface area contributed by atoms with Crippen molar-refractivity contribution in [1.82, 2.24) is 20.1 Å². The van der Waals surface area contributed by atoms with Gasteiger partial charge in [0.1, 0.15) is 10.3 Å². The number of rotatable bonds is 8. The minimum Gasteiger partial charge on any atom is -0.345 e. The zero-order valence-electron chi connectivity index (χ0n) is 19.1. The van der Waals surface area contributed by atoms with Crippen molar-refractivity contribution >= 4 is 54.9 Å². The smallest absolute Gasteiger partial charge is 0.345 e. The Bertz CT molecular complexity index is 1620. The summed E-state index contributed by atoms with van der Waals surface area (Å²) in [5.41, 5.74) is -0.178. The Kier molecular flexibility index (Phi) is 7.90. The molecule has 2 heterocycles. The van der Waals surface area contributed by atoms with Crippen LogP contribution in [0.4, 0.5) is 14.5 Å². The van der Waals surface area contributed by atoms with Crippen molar-refractivity contribution in [1.29, 1.82) is 0 Å². The summed E-state index contributed by atoms with van der Waals surface area (Å²) >= 11 is 9.39. The number of pyridine rings is 1. The molecule has 0 atom stereocenters. The van der Waals surface area contributed by atoms with E-state index < -0.39 is 38.3 Å². The summed E-state index contributed by atoms with van der Waals surface area (Å²) in [6.45, 7) is -1.48. The molecule has 4 rings (SSSR count). The summed E-state index contributed by atoms with van der Waals surface area (Å²) in [4.78, 5) is 29.5. The zero-order chi connectivity index (χ0) is 27.5. The Hall–Kier alpha value is -3.68. The third kappa shape index (κ3) is 5.59. The normalized spacial score (nSPS) is 11.7. The number of alkyl halides is 2. The zero-order valence-corrected chi connectivity index (χ0v) is 22.3. The predicted molar refractivity (Wildman–Crippen MR) is 139 cm³/mol. The Morgan fingerprint density at radius 3 is 2.39 bits per heavy atom. The Balaban J connectivity index is 1.54. The summed E-state index contributed by atoms with van der Waals surface area (Å²) in [6.07, 6.45) is 1.46. The standard InChI is InChI=1S/C24H17BrClF2N5O4S/c25-20-13-19(33(32-20)21-17(26)10-6-12-29-21)23(35)31-18-11-5-4-9-16(18)22(34)30-14-24(27,28)38(36,37)15-7-2-1-3-8-15/h1-13H,14H2,(H,30,34)(H,31,35). The SMILES string of the molecule is O=C(NCC(F)(F)S(=O)(=O)c1ccccc1)c1ccccc1NC(=O)c1cc(Br)nn1-c1ncccc1Cl. The topological polar surface area (TPSA) is 123 Å². The molecule has 38 heavy (non-hydrogen) atoms. The number of amides is 2. The van der Waals surface area contributed by atoms with Crippen LogP contribution in [0, 0.1) is 0 Å². The minimum atomic E-state index is -5.06. The van der Waals surface area contributed by atoms with Gasteiger partial charge in [0.15, 0.2) is 5.82 Å². The van der Waals surface area contributed by atoms with Gasteiger partial charge in [-0.3, -0.25) is 9.59 Å².